The molecule has 0 spiro atoms. The highest BCUT2D eigenvalue weighted by atomic mass is 32.1. The van der Waals surface area contributed by atoms with Gasteiger partial charge in [0.1, 0.15) is 5.54 Å². The highest BCUT2D eigenvalue weighted by Gasteiger charge is 2.49. The molecule has 1 atom stereocenters. The number of carbonyl (C=O) groups is 2. The van der Waals surface area contributed by atoms with Crippen molar-refractivity contribution in [3.05, 3.63) is 34.8 Å². The summed E-state index contributed by atoms with van der Waals surface area (Å²) in [5, 5.41) is 10.6. The highest BCUT2D eigenvalue weighted by Crippen LogP contribution is 2.30. The van der Waals surface area contributed by atoms with Gasteiger partial charge in [-0.3, -0.25) is 9.48 Å². The number of carbonyl (C=O) groups excluding carboxylic acids is 2. The minimum absolute atomic E-state index is 0.250. The van der Waals surface area contributed by atoms with E-state index in [2.05, 4.69) is 10.4 Å². The fourth-order valence-electron chi connectivity index (χ4n) is 2.31. The predicted molar refractivity (Wildman–Crippen MR) is 75.7 cm³/mol. The molecular formula is C13H14N4O2S. The topological polar surface area (TPSA) is 67.2 Å². The van der Waals surface area contributed by atoms with E-state index in [1.807, 2.05) is 17.7 Å². The molecule has 2 aromatic rings. The lowest BCUT2D eigenvalue weighted by molar-refractivity contribution is -0.122. The SMILES string of the molecule is Cc1cscc1N1C(=O)NC(C)(Cn2cccn2)C1=O. The van der Waals surface area contributed by atoms with E-state index >= 15 is 0 Å². The van der Waals surface area contributed by atoms with Crippen LogP contribution in [0.15, 0.2) is 29.2 Å². The van der Waals surface area contributed by atoms with Gasteiger partial charge >= 0.3 is 6.03 Å². The summed E-state index contributed by atoms with van der Waals surface area (Å²) in [6.45, 7) is 3.91. The fourth-order valence-corrected chi connectivity index (χ4v) is 3.12. The molecule has 0 bridgehead atoms. The predicted octanol–water partition coefficient (Wildman–Crippen LogP) is 1.77. The summed E-state index contributed by atoms with van der Waals surface area (Å²) < 4.78 is 1.64. The minimum atomic E-state index is -0.975. The maximum Gasteiger partial charge on any atom is 0.329 e. The Hall–Kier alpha value is -2.15. The van der Waals surface area contributed by atoms with Crippen LogP contribution in [-0.4, -0.2) is 27.3 Å². The van der Waals surface area contributed by atoms with E-state index in [-0.39, 0.29) is 11.9 Å². The van der Waals surface area contributed by atoms with Gasteiger partial charge in [-0.25, -0.2) is 9.69 Å². The molecule has 0 aromatic carbocycles. The van der Waals surface area contributed by atoms with Gasteiger partial charge in [0.2, 0.25) is 0 Å². The van der Waals surface area contributed by atoms with Gasteiger partial charge in [-0.15, -0.1) is 11.3 Å². The van der Waals surface area contributed by atoms with Crippen LogP contribution in [0.1, 0.15) is 12.5 Å². The molecule has 1 fully saturated rings. The Labute approximate surface area is 120 Å². The number of hydrogen-bond acceptors (Lipinski definition) is 4. The molecular weight excluding hydrogens is 276 g/mol. The zero-order chi connectivity index (χ0) is 14.3. The van der Waals surface area contributed by atoms with Crippen molar-refractivity contribution in [2.75, 3.05) is 4.90 Å². The Morgan fingerprint density at radius 3 is 2.80 bits per heavy atom. The molecule has 3 amide bonds. The summed E-state index contributed by atoms with van der Waals surface area (Å²) in [6, 6.07) is 1.40. The normalized spacial score (nSPS) is 22.4. The molecule has 1 aliphatic rings. The number of hydrogen-bond donors (Lipinski definition) is 1. The Kier molecular flexibility index (Phi) is 2.86. The molecule has 1 saturated heterocycles. The van der Waals surface area contributed by atoms with Gasteiger partial charge in [0.25, 0.3) is 5.91 Å². The van der Waals surface area contributed by atoms with Crippen molar-refractivity contribution in [3.8, 4) is 0 Å². The van der Waals surface area contributed by atoms with Crippen molar-refractivity contribution in [2.24, 2.45) is 0 Å². The quantitative estimate of drug-likeness (QED) is 0.876. The number of thiophene rings is 1. The Balaban J connectivity index is 1.92. The zero-order valence-electron chi connectivity index (χ0n) is 11.2. The second-order valence-electron chi connectivity index (χ2n) is 5.05. The molecule has 1 aliphatic heterocycles. The van der Waals surface area contributed by atoms with Crippen LogP contribution in [0.25, 0.3) is 0 Å². The molecule has 104 valence electrons. The van der Waals surface area contributed by atoms with Gasteiger partial charge in [0, 0.05) is 17.8 Å². The van der Waals surface area contributed by atoms with Gasteiger partial charge in [-0.2, -0.15) is 5.10 Å². The van der Waals surface area contributed by atoms with Gasteiger partial charge < -0.3 is 5.32 Å². The van der Waals surface area contributed by atoms with E-state index in [9.17, 15) is 9.59 Å². The van der Waals surface area contributed by atoms with Crippen LogP contribution in [0.2, 0.25) is 0 Å². The first kappa shape index (κ1) is 12.9. The average molecular weight is 290 g/mol. The van der Waals surface area contributed by atoms with Crippen molar-refractivity contribution in [2.45, 2.75) is 25.9 Å². The van der Waals surface area contributed by atoms with E-state index in [4.69, 9.17) is 0 Å². The third kappa shape index (κ3) is 1.90. The third-order valence-electron chi connectivity index (χ3n) is 3.37. The molecule has 0 radical (unpaired) electrons. The molecule has 7 heteroatoms. The second-order valence-corrected chi connectivity index (χ2v) is 5.79. The van der Waals surface area contributed by atoms with Crippen molar-refractivity contribution in [1.82, 2.24) is 15.1 Å². The van der Waals surface area contributed by atoms with Crippen LogP contribution in [0.5, 0.6) is 0 Å². The summed E-state index contributed by atoms with van der Waals surface area (Å²) in [7, 11) is 0. The Bertz CT molecular complexity index is 664. The number of nitrogens with one attached hydrogen (secondary N) is 1. The van der Waals surface area contributed by atoms with Gasteiger partial charge in [0.15, 0.2) is 0 Å². The second kappa shape index (κ2) is 4.45. The van der Waals surface area contributed by atoms with Crippen molar-refractivity contribution in [3.63, 3.8) is 0 Å². The van der Waals surface area contributed by atoms with Crippen LogP contribution < -0.4 is 10.2 Å². The Morgan fingerprint density at radius 2 is 2.20 bits per heavy atom. The molecule has 3 heterocycles. The van der Waals surface area contributed by atoms with Gasteiger partial charge in [0.05, 0.1) is 12.2 Å². The molecule has 1 N–H and O–H groups in total. The van der Waals surface area contributed by atoms with E-state index in [1.54, 1.807) is 30.1 Å². The van der Waals surface area contributed by atoms with Crippen LogP contribution >= 0.6 is 11.3 Å². The number of urea groups is 1. The average Bonchev–Trinajstić information content (AvgIpc) is 3.05. The zero-order valence-corrected chi connectivity index (χ0v) is 12.0. The number of anilines is 1. The molecule has 2 aromatic heterocycles. The number of aryl methyl sites for hydroxylation is 1. The first-order valence-corrected chi connectivity index (χ1v) is 7.12. The van der Waals surface area contributed by atoms with Crippen molar-refractivity contribution in [1.29, 1.82) is 0 Å². The summed E-state index contributed by atoms with van der Waals surface area (Å²) in [4.78, 5) is 26.0. The van der Waals surface area contributed by atoms with E-state index in [1.165, 1.54) is 16.2 Å². The fraction of sp³-hybridized carbons (Fsp3) is 0.308. The van der Waals surface area contributed by atoms with E-state index < -0.39 is 5.54 Å². The van der Waals surface area contributed by atoms with Gasteiger partial charge in [-0.05, 0) is 30.9 Å². The summed E-state index contributed by atoms with van der Waals surface area (Å²) in [5.74, 6) is -0.250. The largest absolute Gasteiger partial charge is 0.329 e. The lowest BCUT2D eigenvalue weighted by Gasteiger charge is -2.21. The number of nitrogens with zero attached hydrogens (tertiary/aromatic N) is 3. The lowest BCUT2D eigenvalue weighted by Crippen LogP contribution is -2.47. The number of amides is 3. The molecule has 3 rings (SSSR count). The molecule has 0 aliphatic carbocycles. The summed E-state index contributed by atoms with van der Waals surface area (Å²) >= 11 is 1.47. The van der Waals surface area contributed by atoms with Crippen LogP contribution in [0, 0.1) is 6.92 Å². The number of rotatable bonds is 3. The molecule has 20 heavy (non-hydrogen) atoms. The number of imide groups is 1. The third-order valence-corrected chi connectivity index (χ3v) is 4.22. The lowest BCUT2D eigenvalue weighted by atomic mass is 10.0. The van der Waals surface area contributed by atoms with E-state index in [0.717, 1.165) is 5.56 Å². The maximum absolute atomic E-state index is 12.6. The van der Waals surface area contributed by atoms with E-state index in [0.29, 0.717) is 12.2 Å². The first-order chi connectivity index (χ1) is 9.51. The van der Waals surface area contributed by atoms with Crippen LogP contribution in [0.4, 0.5) is 10.5 Å². The monoisotopic (exact) mass is 290 g/mol. The van der Waals surface area contributed by atoms with Crippen molar-refractivity contribution >= 4 is 29.0 Å². The smallest absolute Gasteiger partial charge is 0.321 e. The summed E-state index contributed by atoms with van der Waals surface area (Å²) in [6.07, 6.45) is 3.41. The van der Waals surface area contributed by atoms with Crippen LogP contribution in [0.3, 0.4) is 0 Å². The highest BCUT2D eigenvalue weighted by molar-refractivity contribution is 7.08. The molecule has 1 unspecified atom stereocenters. The summed E-state index contributed by atoms with van der Waals surface area (Å²) in [5.41, 5.74) is 0.598. The minimum Gasteiger partial charge on any atom is -0.321 e. The number of aromatic nitrogens is 2. The maximum atomic E-state index is 12.6. The van der Waals surface area contributed by atoms with Gasteiger partial charge in [-0.1, -0.05) is 0 Å². The van der Waals surface area contributed by atoms with Crippen molar-refractivity contribution < 1.29 is 9.59 Å². The Morgan fingerprint density at radius 1 is 1.40 bits per heavy atom. The standard InChI is InChI=1S/C13H14N4O2S/c1-9-6-20-7-10(9)17-11(18)13(2,15-12(17)19)8-16-5-3-4-14-16/h3-7H,8H2,1-2H3,(H,15,19). The molecule has 6 nitrogen and oxygen atoms in total. The van der Waals surface area contributed by atoms with Crippen LogP contribution in [-0.2, 0) is 11.3 Å². The molecule has 0 saturated carbocycles. The first-order valence-electron chi connectivity index (χ1n) is 6.18.